The molecule has 1 aliphatic rings. The summed E-state index contributed by atoms with van der Waals surface area (Å²) in [5.74, 6) is 0.905. The third-order valence-corrected chi connectivity index (χ3v) is 4.45. The average molecular weight is 325 g/mol. The van der Waals surface area contributed by atoms with Crippen LogP contribution in [-0.2, 0) is 11.2 Å². The van der Waals surface area contributed by atoms with Gasteiger partial charge < -0.3 is 10.2 Å². The molecule has 1 atom stereocenters. The number of anilines is 1. The summed E-state index contributed by atoms with van der Waals surface area (Å²) < 4.78 is 0. The van der Waals surface area contributed by atoms with E-state index in [1.54, 1.807) is 4.90 Å². The molecule has 1 aromatic rings. The van der Waals surface area contributed by atoms with E-state index >= 15 is 0 Å². The van der Waals surface area contributed by atoms with Gasteiger partial charge in [0.1, 0.15) is 0 Å². The van der Waals surface area contributed by atoms with E-state index in [-0.39, 0.29) is 18.3 Å². The second-order valence-corrected chi connectivity index (χ2v) is 6.12. The lowest BCUT2D eigenvalue weighted by Crippen LogP contribution is -2.26. The summed E-state index contributed by atoms with van der Waals surface area (Å²) in [5, 5.41) is 3.36. The monoisotopic (exact) mass is 324 g/mol. The second kappa shape index (κ2) is 9.86. The first-order valence-electron chi connectivity index (χ1n) is 8.27. The molecule has 1 aliphatic heterocycles. The van der Waals surface area contributed by atoms with Gasteiger partial charge in [0.25, 0.3) is 0 Å². The van der Waals surface area contributed by atoms with Crippen LogP contribution in [0.25, 0.3) is 0 Å². The zero-order chi connectivity index (χ0) is 15.1. The normalized spacial score (nSPS) is 17.1. The molecule has 0 aliphatic carbocycles. The smallest absolute Gasteiger partial charge is 0.226 e. The van der Waals surface area contributed by atoms with Crippen molar-refractivity contribution in [2.75, 3.05) is 25.0 Å². The predicted octanol–water partition coefficient (Wildman–Crippen LogP) is 3.80. The fraction of sp³-hybridized carbons (Fsp3) is 0.611. The molecule has 1 N–H and O–H groups in total. The highest BCUT2D eigenvalue weighted by Gasteiger charge is 2.17. The third-order valence-electron chi connectivity index (χ3n) is 4.45. The Bertz CT molecular complexity index is 441. The van der Waals surface area contributed by atoms with Gasteiger partial charge in [0.2, 0.25) is 5.91 Å². The maximum atomic E-state index is 12.3. The van der Waals surface area contributed by atoms with Crippen LogP contribution in [0.3, 0.4) is 0 Å². The van der Waals surface area contributed by atoms with Crippen molar-refractivity contribution in [1.29, 1.82) is 0 Å². The number of amides is 1. The topological polar surface area (TPSA) is 32.3 Å². The van der Waals surface area contributed by atoms with Gasteiger partial charge in [-0.05, 0) is 62.4 Å². The van der Waals surface area contributed by atoms with E-state index in [9.17, 15) is 4.79 Å². The molecule has 0 saturated carbocycles. The minimum atomic E-state index is 0. The Kier molecular flexibility index (Phi) is 8.51. The van der Waals surface area contributed by atoms with Gasteiger partial charge in [-0.3, -0.25) is 4.79 Å². The summed E-state index contributed by atoms with van der Waals surface area (Å²) >= 11 is 0. The second-order valence-electron chi connectivity index (χ2n) is 6.12. The molecular weight excluding hydrogens is 296 g/mol. The number of hydrogen-bond acceptors (Lipinski definition) is 2. The van der Waals surface area contributed by atoms with Crippen LogP contribution < -0.4 is 10.2 Å². The lowest BCUT2D eigenvalue weighted by Gasteiger charge is -2.18. The van der Waals surface area contributed by atoms with E-state index in [2.05, 4.69) is 36.5 Å². The van der Waals surface area contributed by atoms with Crippen molar-refractivity contribution in [2.24, 2.45) is 5.92 Å². The van der Waals surface area contributed by atoms with Gasteiger partial charge in [-0.15, -0.1) is 12.4 Å². The predicted molar refractivity (Wildman–Crippen MR) is 95.9 cm³/mol. The Morgan fingerprint density at radius 2 is 2.05 bits per heavy atom. The zero-order valence-electron chi connectivity index (χ0n) is 13.8. The number of rotatable bonds is 7. The largest absolute Gasteiger partial charge is 0.316 e. The van der Waals surface area contributed by atoms with Gasteiger partial charge in [-0.25, -0.2) is 0 Å². The van der Waals surface area contributed by atoms with E-state index in [0.717, 1.165) is 31.6 Å². The van der Waals surface area contributed by atoms with Crippen LogP contribution in [-0.4, -0.2) is 26.0 Å². The lowest BCUT2D eigenvalue weighted by atomic mass is 10.0. The molecular formula is C18H29ClN2O. The van der Waals surface area contributed by atoms with Crippen molar-refractivity contribution in [3.63, 3.8) is 0 Å². The van der Waals surface area contributed by atoms with Crippen LogP contribution in [0.5, 0.6) is 0 Å². The van der Waals surface area contributed by atoms with E-state index < -0.39 is 0 Å². The number of halogens is 1. The number of unbranched alkanes of at least 4 members (excludes halogenated alkanes) is 1. The van der Waals surface area contributed by atoms with Crippen LogP contribution >= 0.6 is 12.4 Å². The van der Waals surface area contributed by atoms with E-state index in [0.29, 0.717) is 12.3 Å². The molecule has 1 heterocycles. The lowest BCUT2D eigenvalue weighted by molar-refractivity contribution is -0.118. The third kappa shape index (κ3) is 5.62. The summed E-state index contributed by atoms with van der Waals surface area (Å²) in [7, 11) is 1.89. The number of carbonyl (C=O) groups excluding carboxylic acids is 1. The highest BCUT2D eigenvalue weighted by molar-refractivity contribution is 5.92. The SMILES string of the molecule is CCCCc1ccc(N(C)C(=O)CCC2CCNC2)cc1.Cl. The van der Waals surface area contributed by atoms with Gasteiger partial charge in [0, 0.05) is 19.2 Å². The van der Waals surface area contributed by atoms with Crippen molar-refractivity contribution in [3.8, 4) is 0 Å². The fourth-order valence-electron chi connectivity index (χ4n) is 2.87. The Balaban J connectivity index is 0.00000242. The maximum absolute atomic E-state index is 12.3. The molecule has 1 fully saturated rings. The number of nitrogens with zero attached hydrogens (tertiary/aromatic N) is 1. The molecule has 1 amide bonds. The van der Waals surface area contributed by atoms with Crippen molar-refractivity contribution in [2.45, 2.75) is 45.4 Å². The van der Waals surface area contributed by atoms with Crippen LogP contribution in [0.15, 0.2) is 24.3 Å². The van der Waals surface area contributed by atoms with Crippen LogP contribution in [0.2, 0.25) is 0 Å². The number of aryl methyl sites for hydroxylation is 1. The average Bonchev–Trinajstić information content (AvgIpc) is 3.04. The Morgan fingerprint density at radius 3 is 2.64 bits per heavy atom. The van der Waals surface area contributed by atoms with Crippen molar-refractivity contribution >= 4 is 24.0 Å². The first-order valence-corrected chi connectivity index (χ1v) is 8.27. The molecule has 0 bridgehead atoms. The van der Waals surface area contributed by atoms with E-state index in [4.69, 9.17) is 0 Å². The van der Waals surface area contributed by atoms with Crippen LogP contribution in [0.4, 0.5) is 5.69 Å². The summed E-state index contributed by atoms with van der Waals surface area (Å²) in [6, 6.07) is 8.44. The summed E-state index contributed by atoms with van der Waals surface area (Å²) in [5.41, 5.74) is 2.36. The van der Waals surface area contributed by atoms with Gasteiger partial charge in [-0.1, -0.05) is 25.5 Å². The molecule has 0 spiro atoms. The molecule has 3 nitrogen and oxygen atoms in total. The molecule has 1 aromatic carbocycles. The van der Waals surface area contributed by atoms with Crippen molar-refractivity contribution in [3.05, 3.63) is 29.8 Å². The Hall–Kier alpha value is -1.06. The molecule has 1 unspecified atom stereocenters. The molecule has 4 heteroatoms. The fourth-order valence-corrected chi connectivity index (χ4v) is 2.87. The molecule has 0 aromatic heterocycles. The molecule has 0 radical (unpaired) electrons. The highest BCUT2D eigenvalue weighted by Crippen LogP contribution is 2.19. The zero-order valence-corrected chi connectivity index (χ0v) is 14.6. The summed E-state index contributed by atoms with van der Waals surface area (Å²) in [6.07, 6.45) is 6.44. The van der Waals surface area contributed by atoms with Gasteiger partial charge in [0.05, 0.1) is 0 Å². The molecule has 2 rings (SSSR count). The quantitative estimate of drug-likeness (QED) is 0.827. The molecule has 124 valence electrons. The van der Waals surface area contributed by atoms with Crippen LogP contribution in [0, 0.1) is 5.92 Å². The standard InChI is InChI=1S/C18H28N2O.ClH/c1-3-4-5-15-6-9-17(10-7-15)20(2)18(21)11-8-16-12-13-19-14-16;/h6-7,9-10,16,19H,3-5,8,11-14H2,1-2H3;1H. The minimum absolute atomic E-state index is 0. The van der Waals surface area contributed by atoms with Gasteiger partial charge in [-0.2, -0.15) is 0 Å². The first-order chi connectivity index (χ1) is 10.2. The van der Waals surface area contributed by atoms with Gasteiger partial charge >= 0.3 is 0 Å². The summed E-state index contributed by atoms with van der Waals surface area (Å²) in [6.45, 7) is 4.39. The Labute approximate surface area is 140 Å². The molecule has 1 saturated heterocycles. The number of nitrogens with one attached hydrogen (secondary N) is 1. The summed E-state index contributed by atoms with van der Waals surface area (Å²) in [4.78, 5) is 14.1. The highest BCUT2D eigenvalue weighted by atomic mass is 35.5. The number of carbonyl (C=O) groups is 1. The van der Waals surface area contributed by atoms with Crippen LogP contribution in [0.1, 0.15) is 44.6 Å². The first kappa shape index (κ1) is 19.0. The van der Waals surface area contributed by atoms with E-state index in [1.807, 2.05) is 7.05 Å². The maximum Gasteiger partial charge on any atom is 0.226 e. The van der Waals surface area contributed by atoms with E-state index in [1.165, 1.54) is 24.8 Å². The molecule has 22 heavy (non-hydrogen) atoms. The Morgan fingerprint density at radius 1 is 1.32 bits per heavy atom. The van der Waals surface area contributed by atoms with Crippen molar-refractivity contribution in [1.82, 2.24) is 5.32 Å². The van der Waals surface area contributed by atoms with Gasteiger partial charge in [0.15, 0.2) is 0 Å². The number of hydrogen-bond donors (Lipinski definition) is 1. The minimum Gasteiger partial charge on any atom is -0.316 e. The number of benzene rings is 1. The van der Waals surface area contributed by atoms with Crippen molar-refractivity contribution < 1.29 is 4.79 Å².